The molecule has 0 saturated carbocycles. The Morgan fingerprint density at radius 2 is 1.90 bits per heavy atom. The fourth-order valence-corrected chi connectivity index (χ4v) is 2.79. The maximum Gasteiger partial charge on any atom is 0.417 e. The predicted octanol–water partition coefficient (Wildman–Crippen LogP) is 4.93. The molecule has 0 aliphatic heterocycles. The fourth-order valence-electron chi connectivity index (χ4n) is 2.52. The number of rotatable bonds is 4. The van der Waals surface area contributed by atoms with Gasteiger partial charge in [-0.05, 0) is 42.8 Å². The van der Waals surface area contributed by atoms with Gasteiger partial charge in [-0.2, -0.15) is 18.3 Å². The minimum absolute atomic E-state index is 0.00341. The molecule has 1 heterocycles. The molecule has 2 aromatic carbocycles. The van der Waals surface area contributed by atoms with Crippen LogP contribution in [-0.4, -0.2) is 16.1 Å². The molecule has 0 fully saturated rings. The number of alkyl halides is 3. The number of nitrogens with zero attached hydrogens (tertiary/aromatic N) is 1. The molecule has 3 aromatic rings. The van der Waals surface area contributed by atoms with Crippen LogP contribution in [0.5, 0.6) is 11.5 Å². The molecule has 0 saturated heterocycles. The van der Waals surface area contributed by atoms with Crippen molar-refractivity contribution in [1.82, 2.24) is 10.2 Å². The van der Waals surface area contributed by atoms with Crippen molar-refractivity contribution in [3.63, 3.8) is 0 Å². The maximum atomic E-state index is 13.3. The predicted molar refractivity (Wildman–Crippen MR) is 100 cm³/mol. The van der Waals surface area contributed by atoms with Crippen LogP contribution in [0.3, 0.4) is 0 Å². The molecule has 0 spiro atoms. The normalized spacial score (nSPS) is 11.3. The van der Waals surface area contributed by atoms with Gasteiger partial charge in [0.15, 0.2) is 0 Å². The number of benzene rings is 2. The average molecular weight is 442 g/mol. The molecule has 0 aliphatic rings. The summed E-state index contributed by atoms with van der Waals surface area (Å²) in [5.74, 6) is -1.88. The lowest BCUT2D eigenvalue weighted by Gasteiger charge is -2.17. The van der Waals surface area contributed by atoms with Crippen molar-refractivity contribution in [2.45, 2.75) is 13.1 Å². The van der Waals surface area contributed by atoms with E-state index in [1.54, 1.807) is 0 Å². The van der Waals surface area contributed by atoms with Gasteiger partial charge in [-0.1, -0.05) is 11.6 Å². The standard InChI is InChI=1S/C19H12ClF4N3O3/c1-9-4-10(21)2-3-15(9)30-16-7-13(19(22,23)24)14(20)6-12(16)18(29)26-11-5-17(28)27-25-8-11/h2-8H,1H3,(H2,26,27,28,29). The molecule has 0 bridgehead atoms. The average Bonchev–Trinajstić information content (AvgIpc) is 2.64. The monoisotopic (exact) mass is 441 g/mol. The topological polar surface area (TPSA) is 84.1 Å². The van der Waals surface area contributed by atoms with Gasteiger partial charge >= 0.3 is 6.18 Å². The van der Waals surface area contributed by atoms with Crippen molar-refractivity contribution in [1.29, 1.82) is 0 Å². The molecular weight excluding hydrogens is 430 g/mol. The van der Waals surface area contributed by atoms with Gasteiger partial charge in [-0.25, -0.2) is 9.49 Å². The number of anilines is 1. The van der Waals surface area contributed by atoms with Crippen molar-refractivity contribution in [2.75, 3.05) is 5.32 Å². The van der Waals surface area contributed by atoms with Crippen LogP contribution in [-0.2, 0) is 6.18 Å². The highest BCUT2D eigenvalue weighted by atomic mass is 35.5. The van der Waals surface area contributed by atoms with E-state index in [-0.39, 0.29) is 17.0 Å². The van der Waals surface area contributed by atoms with Crippen LogP contribution in [0.25, 0.3) is 0 Å². The van der Waals surface area contributed by atoms with E-state index in [0.717, 1.165) is 30.5 Å². The molecular formula is C19H12ClF4N3O3. The number of H-pyrrole nitrogens is 1. The molecule has 1 amide bonds. The van der Waals surface area contributed by atoms with Gasteiger partial charge in [0.05, 0.1) is 28.0 Å². The Hall–Kier alpha value is -3.40. The molecule has 0 unspecified atom stereocenters. The number of hydrogen-bond donors (Lipinski definition) is 2. The van der Waals surface area contributed by atoms with Crippen molar-refractivity contribution < 1.29 is 27.1 Å². The Morgan fingerprint density at radius 1 is 1.17 bits per heavy atom. The van der Waals surface area contributed by atoms with Gasteiger partial charge in [0, 0.05) is 6.07 Å². The zero-order valence-electron chi connectivity index (χ0n) is 15.1. The van der Waals surface area contributed by atoms with Gasteiger partial charge in [-0.3, -0.25) is 9.59 Å². The molecule has 11 heteroatoms. The van der Waals surface area contributed by atoms with Gasteiger partial charge in [0.25, 0.3) is 11.5 Å². The number of aromatic amines is 1. The molecule has 30 heavy (non-hydrogen) atoms. The lowest BCUT2D eigenvalue weighted by Crippen LogP contribution is -2.17. The van der Waals surface area contributed by atoms with Crippen LogP contribution in [0, 0.1) is 12.7 Å². The van der Waals surface area contributed by atoms with Crippen LogP contribution in [0.4, 0.5) is 23.2 Å². The first-order valence-corrected chi connectivity index (χ1v) is 8.63. The number of hydrogen-bond acceptors (Lipinski definition) is 4. The summed E-state index contributed by atoms with van der Waals surface area (Å²) >= 11 is 5.74. The summed E-state index contributed by atoms with van der Waals surface area (Å²) in [7, 11) is 0. The first-order valence-electron chi connectivity index (χ1n) is 8.25. The van der Waals surface area contributed by atoms with E-state index in [2.05, 4.69) is 15.5 Å². The summed E-state index contributed by atoms with van der Waals surface area (Å²) in [6, 6.07) is 5.81. The number of aryl methyl sites for hydroxylation is 1. The lowest BCUT2D eigenvalue weighted by molar-refractivity contribution is -0.137. The van der Waals surface area contributed by atoms with E-state index in [1.807, 2.05) is 0 Å². The van der Waals surface area contributed by atoms with Crippen LogP contribution in [0.1, 0.15) is 21.5 Å². The highest BCUT2D eigenvalue weighted by Gasteiger charge is 2.35. The molecule has 0 atom stereocenters. The Labute approximate surface area is 171 Å². The van der Waals surface area contributed by atoms with Crippen molar-refractivity contribution in [2.24, 2.45) is 0 Å². The van der Waals surface area contributed by atoms with Gasteiger partial charge in [0.1, 0.15) is 17.3 Å². The van der Waals surface area contributed by atoms with E-state index in [9.17, 15) is 27.2 Å². The van der Waals surface area contributed by atoms with Gasteiger partial charge in [-0.15, -0.1) is 0 Å². The first kappa shape index (κ1) is 21.3. The highest BCUT2D eigenvalue weighted by molar-refractivity contribution is 6.32. The SMILES string of the molecule is Cc1cc(F)ccc1Oc1cc(C(F)(F)F)c(Cl)cc1C(=O)Nc1cn[nH]c(=O)c1. The fraction of sp³-hybridized carbons (Fsp3) is 0.105. The van der Waals surface area contributed by atoms with Crippen molar-refractivity contribution in [3.8, 4) is 11.5 Å². The minimum atomic E-state index is -4.81. The number of aromatic nitrogens is 2. The smallest absolute Gasteiger partial charge is 0.417 e. The molecule has 156 valence electrons. The number of amides is 1. The second-order valence-corrected chi connectivity index (χ2v) is 6.53. The number of carbonyl (C=O) groups excluding carboxylic acids is 1. The minimum Gasteiger partial charge on any atom is -0.456 e. The third-order valence-corrected chi connectivity index (χ3v) is 4.21. The second-order valence-electron chi connectivity index (χ2n) is 6.13. The maximum absolute atomic E-state index is 13.3. The third kappa shape index (κ3) is 4.77. The Morgan fingerprint density at radius 3 is 2.53 bits per heavy atom. The molecule has 0 radical (unpaired) electrons. The van der Waals surface area contributed by atoms with Gasteiger partial charge in [0.2, 0.25) is 0 Å². The zero-order valence-corrected chi connectivity index (χ0v) is 15.9. The Kier molecular flexibility index (Phi) is 5.79. The van der Waals surface area contributed by atoms with Crippen LogP contribution in [0.2, 0.25) is 5.02 Å². The van der Waals surface area contributed by atoms with E-state index in [1.165, 1.54) is 13.0 Å². The largest absolute Gasteiger partial charge is 0.456 e. The van der Waals surface area contributed by atoms with Crippen LogP contribution < -0.4 is 15.6 Å². The third-order valence-electron chi connectivity index (χ3n) is 3.90. The Balaban J connectivity index is 2.07. The summed E-state index contributed by atoms with van der Waals surface area (Å²) in [4.78, 5) is 24.0. The number of nitrogens with one attached hydrogen (secondary N) is 2. The van der Waals surface area contributed by atoms with E-state index < -0.39 is 39.8 Å². The van der Waals surface area contributed by atoms with Crippen LogP contribution in [0.15, 0.2) is 47.4 Å². The Bertz CT molecular complexity index is 1180. The van der Waals surface area contributed by atoms with E-state index in [0.29, 0.717) is 11.6 Å². The summed E-state index contributed by atoms with van der Waals surface area (Å²) in [6.07, 6.45) is -3.67. The van der Waals surface area contributed by atoms with Crippen molar-refractivity contribution in [3.05, 3.63) is 80.5 Å². The molecule has 0 aliphatic carbocycles. The molecule has 3 rings (SSSR count). The highest BCUT2D eigenvalue weighted by Crippen LogP contribution is 2.40. The molecule has 6 nitrogen and oxygen atoms in total. The quantitative estimate of drug-likeness (QED) is 0.562. The van der Waals surface area contributed by atoms with Crippen molar-refractivity contribution >= 4 is 23.2 Å². The summed E-state index contributed by atoms with van der Waals surface area (Å²) in [6.45, 7) is 1.49. The first-order chi connectivity index (χ1) is 14.0. The van der Waals surface area contributed by atoms with Crippen LogP contribution >= 0.6 is 11.6 Å². The summed E-state index contributed by atoms with van der Waals surface area (Å²) in [5.41, 5.74) is -1.85. The number of ether oxygens (including phenoxy) is 1. The van der Waals surface area contributed by atoms with Gasteiger partial charge < -0.3 is 10.1 Å². The number of halogens is 5. The van der Waals surface area contributed by atoms with E-state index in [4.69, 9.17) is 16.3 Å². The zero-order chi connectivity index (χ0) is 22.1. The summed E-state index contributed by atoms with van der Waals surface area (Å²) in [5, 5.41) is 7.24. The lowest BCUT2D eigenvalue weighted by atomic mass is 10.1. The molecule has 2 N–H and O–H groups in total. The second kappa shape index (κ2) is 8.15. The summed E-state index contributed by atoms with van der Waals surface area (Å²) < 4.78 is 58.7. The van der Waals surface area contributed by atoms with E-state index >= 15 is 0 Å². The molecule has 1 aromatic heterocycles. The number of carbonyl (C=O) groups is 1.